The van der Waals surface area contributed by atoms with E-state index in [2.05, 4.69) is 24.3 Å². The molecule has 0 heterocycles. The number of rotatable bonds is 0. The maximum atomic E-state index is 2.99. The predicted molar refractivity (Wildman–Crippen MR) is 43.1 cm³/mol. The van der Waals surface area contributed by atoms with E-state index in [9.17, 15) is 0 Å². The third-order valence-corrected chi connectivity index (χ3v) is 1.17. The topological polar surface area (TPSA) is 0 Å². The van der Waals surface area contributed by atoms with Gasteiger partial charge in [-0.3, -0.25) is 12.2 Å². The van der Waals surface area contributed by atoms with Gasteiger partial charge in [0.2, 0.25) is 0 Å². The van der Waals surface area contributed by atoms with E-state index < -0.39 is 0 Å². The molecule has 5 heteroatoms. The largest absolute Gasteiger partial charge is 1.00 e. The van der Waals surface area contributed by atoms with Gasteiger partial charge >= 0.3 is 0 Å². The van der Waals surface area contributed by atoms with Crippen molar-refractivity contribution in [1.82, 2.24) is 0 Å². The van der Waals surface area contributed by atoms with E-state index in [1.165, 1.54) is 0 Å². The third-order valence-electron chi connectivity index (χ3n) is 1.17. The number of hydrogen-bond donors (Lipinski definition) is 0. The van der Waals surface area contributed by atoms with Crippen molar-refractivity contribution in [3.8, 4) is 0 Å². The normalized spacial score (nSPS) is 11.7. The molecule has 0 saturated carbocycles. The molecule has 0 atom stereocenters. The summed E-state index contributed by atoms with van der Waals surface area (Å²) in [6.07, 6.45) is 20.0. The molecule has 90 valence electrons. The summed E-state index contributed by atoms with van der Waals surface area (Å²) in [7, 11) is 0. The summed E-state index contributed by atoms with van der Waals surface area (Å²) in [5, 5.41) is 0. The van der Waals surface area contributed by atoms with Gasteiger partial charge in [-0.1, -0.05) is 0 Å². The van der Waals surface area contributed by atoms with E-state index in [1.807, 2.05) is 24.3 Å². The number of hydrogen-bond acceptors (Lipinski definition) is 0. The second-order valence-electron chi connectivity index (χ2n) is 2.01. The smallest absolute Gasteiger partial charge is 0 e. The van der Waals surface area contributed by atoms with E-state index in [1.54, 1.807) is 0 Å². The summed E-state index contributed by atoms with van der Waals surface area (Å²) in [4.78, 5) is 0. The van der Waals surface area contributed by atoms with Crippen LogP contribution in [-0.4, -0.2) is 0 Å². The van der Waals surface area contributed by atoms with Crippen LogP contribution in [0.2, 0.25) is 0 Å². The van der Waals surface area contributed by atoms with Crippen molar-refractivity contribution in [1.29, 1.82) is 0 Å². The van der Waals surface area contributed by atoms with Gasteiger partial charge in [-0.2, -0.15) is 12.2 Å². The molecular formula is C10H10Cl4W-6. The van der Waals surface area contributed by atoms with Crippen LogP contribution < -0.4 is 49.6 Å². The predicted octanol–water partition coefficient (Wildman–Crippen LogP) is -9.38. The first kappa shape index (κ1) is 29.7. The standard InChI is InChI=1S/2C5H5.4ClH.W/c2*1-2-4-5-3-1;;;;;/h2*1-3H,4H2;4*1H;/q2*-1;;;;;/p-4. The molecule has 0 aromatic rings. The Hall–Kier alpha value is 0.808. The van der Waals surface area contributed by atoms with Crippen molar-refractivity contribution in [3.63, 3.8) is 0 Å². The van der Waals surface area contributed by atoms with Crippen LogP contribution >= 0.6 is 0 Å². The number of allylic oxidation sites excluding steroid dienone is 8. The Morgan fingerprint density at radius 3 is 1.07 bits per heavy atom. The minimum absolute atomic E-state index is 0. The van der Waals surface area contributed by atoms with Gasteiger partial charge in [0.05, 0.1) is 0 Å². The zero-order chi connectivity index (χ0) is 7.07. The molecule has 0 nitrogen and oxygen atoms in total. The van der Waals surface area contributed by atoms with Gasteiger partial charge in [0, 0.05) is 21.1 Å². The molecule has 0 spiro atoms. The van der Waals surface area contributed by atoms with Gasteiger partial charge in [-0.15, -0.1) is 12.8 Å². The zero-order valence-corrected chi connectivity index (χ0v) is 13.8. The molecule has 0 bridgehead atoms. The van der Waals surface area contributed by atoms with Crippen molar-refractivity contribution < 1.29 is 70.7 Å². The molecule has 0 saturated heterocycles. The summed E-state index contributed by atoms with van der Waals surface area (Å²) in [5.41, 5.74) is 0. The molecular weight excluding hydrogens is 446 g/mol. The van der Waals surface area contributed by atoms with E-state index in [4.69, 9.17) is 0 Å². The zero-order valence-electron chi connectivity index (χ0n) is 7.80. The molecule has 0 aromatic carbocycles. The Morgan fingerprint density at radius 1 is 0.667 bits per heavy atom. The van der Waals surface area contributed by atoms with Crippen molar-refractivity contribution >= 4 is 0 Å². The fourth-order valence-electron chi connectivity index (χ4n) is 0.680. The monoisotopic (exact) mass is 454 g/mol. The Bertz CT molecular complexity index is 156. The molecule has 2 rings (SSSR count). The van der Waals surface area contributed by atoms with Crippen molar-refractivity contribution in [3.05, 3.63) is 48.6 Å². The van der Waals surface area contributed by atoms with Gasteiger partial charge in [-0.25, -0.2) is 24.3 Å². The quantitative estimate of drug-likeness (QED) is 0.318. The van der Waals surface area contributed by atoms with Gasteiger partial charge in [0.25, 0.3) is 0 Å². The summed E-state index contributed by atoms with van der Waals surface area (Å²) in [6.45, 7) is 0. The fraction of sp³-hybridized carbons (Fsp3) is 0.200. The Kier molecular flexibility index (Phi) is 47.8. The van der Waals surface area contributed by atoms with Crippen molar-refractivity contribution in [2.24, 2.45) is 0 Å². The van der Waals surface area contributed by atoms with E-state index in [0.29, 0.717) is 0 Å². The second-order valence-corrected chi connectivity index (χ2v) is 2.01. The second kappa shape index (κ2) is 24.2. The molecule has 0 aliphatic heterocycles. The molecule has 0 aromatic heterocycles. The minimum atomic E-state index is 0. The summed E-state index contributed by atoms with van der Waals surface area (Å²) < 4.78 is 0. The first-order valence-corrected chi connectivity index (χ1v) is 3.43. The van der Waals surface area contributed by atoms with Crippen LogP contribution in [0.1, 0.15) is 12.8 Å². The van der Waals surface area contributed by atoms with E-state index in [-0.39, 0.29) is 70.7 Å². The molecule has 15 heavy (non-hydrogen) atoms. The van der Waals surface area contributed by atoms with Crippen LogP contribution in [0, 0.1) is 12.2 Å². The van der Waals surface area contributed by atoms with E-state index in [0.717, 1.165) is 12.8 Å². The molecule has 0 fully saturated rings. The molecule has 0 amide bonds. The SMILES string of the molecule is [C-]1=CC=CC1.[C-]1=CC=CC1.[Cl-].[Cl-].[Cl-].[Cl-].[W]. The fourth-order valence-corrected chi connectivity index (χ4v) is 0.680. The van der Waals surface area contributed by atoms with Crippen LogP contribution in [-0.2, 0) is 21.1 Å². The van der Waals surface area contributed by atoms with Crippen LogP contribution in [0.3, 0.4) is 0 Å². The van der Waals surface area contributed by atoms with Gasteiger partial charge < -0.3 is 49.6 Å². The van der Waals surface area contributed by atoms with Gasteiger partial charge in [-0.05, 0) is 0 Å². The number of halogens is 4. The minimum Gasteiger partial charge on any atom is -1.00 e. The van der Waals surface area contributed by atoms with Crippen molar-refractivity contribution in [2.75, 3.05) is 0 Å². The molecule has 0 N–H and O–H groups in total. The van der Waals surface area contributed by atoms with E-state index >= 15 is 0 Å². The van der Waals surface area contributed by atoms with Crippen LogP contribution in [0.25, 0.3) is 0 Å². The summed E-state index contributed by atoms with van der Waals surface area (Å²) in [5.74, 6) is 0. The Labute approximate surface area is 131 Å². The summed E-state index contributed by atoms with van der Waals surface area (Å²) in [6, 6.07) is 0. The van der Waals surface area contributed by atoms with Gasteiger partial charge in [0.1, 0.15) is 0 Å². The Balaban J connectivity index is -0.0000000333. The maximum absolute atomic E-state index is 2.99. The first-order chi connectivity index (χ1) is 5.00. The molecule has 2 aliphatic rings. The molecule has 0 radical (unpaired) electrons. The van der Waals surface area contributed by atoms with Gasteiger partial charge in [0.15, 0.2) is 0 Å². The molecule has 0 unspecified atom stereocenters. The first-order valence-electron chi connectivity index (χ1n) is 3.43. The molecule has 2 aliphatic carbocycles. The van der Waals surface area contributed by atoms with Crippen LogP contribution in [0.5, 0.6) is 0 Å². The average molecular weight is 456 g/mol. The van der Waals surface area contributed by atoms with Crippen LogP contribution in [0.4, 0.5) is 0 Å². The maximum Gasteiger partial charge on any atom is 0 e. The third kappa shape index (κ3) is 20.8. The summed E-state index contributed by atoms with van der Waals surface area (Å²) >= 11 is 0. The van der Waals surface area contributed by atoms with Crippen molar-refractivity contribution in [2.45, 2.75) is 12.8 Å². The average Bonchev–Trinajstić information content (AvgIpc) is 2.67. The van der Waals surface area contributed by atoms with Crippen LogP contribution in [0.15, 0.2) is 36.5 Å². The Morgan fingerprint density at radius 2 is 1.00 bits per heavy atom.